The summed E-state index contributed by atoms with van der Waals surface area (Å²) in [7, 11) is 0. The summed E-state index contributed by atoms with van der Waals surface area (Å²) in [4.78, 5) is 5.91. The molecule has 0 bridgehead atoms. The largest absolute Gasteiger partial charge is 0.417 e. The first-order valence-corrected chi connectivity index (χ1v) is 7.19. The molecule has 1 aromatic carbocycles. The smallest absolute Gasteiger partial charge is 0.369 e. The molecule has 0 amide bonds. The molecule has 1 fully saturated rings. The fourth-order valence-electron chi connectivity index (χ4n) is 2.88. The maximum Gasteiger partial charge on any atom is 0.417 e. The lowest BCUT2D eigenvalue weighted by molar-refractivity contribution is -0.137. The number of piperidine rings is 1. The van der Waals surface area contributed by atoms with Crippen molar-refractivity contribution in [2.24, 2.45) is 0 Å². The second-order valence-corrected chi connectivity index (χ2v) is 5.46. The fraction of sp³-hybridized carbons (Fsp3) is 0.400. The zero-order valence-electron chi connectivity index (χ0n) is 12.2. The van der Waals surface area contributed by atoms with Crippen LogP contribution < -0.4 is 4.90 Å². The monoisotopic (exact) mass is 321 g/mol. The Morgan fingerprint density at radius 1 is 1.30 bits per heavy atom. The van der Waals surface area contributed by atoms with Crippen LogP contribution in [0.15, 0.2) is 30.9 Å². The topological polar surface area (TPSA) is 57.7 Å². The molecular formula is C15H14F3N5. The normalized spacial score (nSPS) is 18.7. The lowest BCUT2D eigenvalue weighted by atomic mass is 10.0. The molecule has 1 aromatic heterocycles. The van der Waals surface area contributed by atoms with Gasteiger partial charge < -0.3 is 4.90 Å². The highest BCUT2D eigenvalue weighted by molar-refractivity contribution is 5.55. The molecule has 5 nitrogen and oxygen atoms in total. The predicted molar refractivity (Wildman–Crippen MR) is 76.7 cm³/mol. The molecule has 0 N–H and O–H groups in total. The average Bonchev–Trinajstić information content (AvgIpc) is 3.08. The fourth-order valence-corrected chi connectivity index (χ4v) is 2.88. The van der Waals surface area contributed by atoms with Gasteiger partial charge in [-0.1, -0.05) is 0 Å². The third-order valence-corrected chi connectivity index (χ3v) is 4.00. The molecule has 0 saturated carbocycles. The number of nitrogens with zero attached hydrogens (tertiary/aromatic N) is 5. The van der Waals surface area contributed by atoms with Crippen LogP contribution in [0.4, 0.5) is 18.9 Å². The van der Waals surface area contributed by atoms with E-state index < -0.39 is 11.7 Å². The number of aromatic nitrogens is 3. The van der Waals surface area contributed by atoms with Crippen LogP contribution in [-0.4, -0.2) is 27.9 Å². The molecule has 0 unspecified atom stereocenters. The summed E-state index contributed by atoms with van der Waals surface area (Å²) in [6.45, 7) is 1.36. The Morgan fingerprint density at radius 2 is 2.13 bits per heavy atom. The van der Waals surface area contributed by atoms with Crippen molar-refractivity contribution in [1.29, 1.82) is 5.26 Å². The van der Waals surface area contributed by atoms with E-state index >= 15 is 0 Å². The minimum atomic E-state index is -4.52. The molecule has 23 heavy (non-hydrogen) atoms. The van der Waals surface area contributed by atoms with Crippen LogP contribution in [0.2, 0.25) is 0 Å². The van der Waals surface area contributed by atoms with E-state index in [1.807, 2.05) is 4.90 Å². The maximum absolute atomic E-state index is 12.9. The number of anilines is 1. The first-order chi connectivity index (χ1) is 11.0. The molecule has 0 aliphatic carbocycles. The molecule has 8 heteroatoms. The van der Waals surface area contributed by atoms with Gasteiger partial charge in [-0.2, -0.15) is 23.5 Å². The van der Waals surface area contributed by atoms with Crippen molar-refractivity contribution in [3.63, 3.8) is 0 Å². The van der Waals surface area contributed by atoms with Crippen LogP contribution in [-0.2, 0) is 6.18 Å². The van der Waals surface area contributed by atoms with Gasteiger partial charge in [0.2, 0.25) is 0 Å². The summed E-state index contributed by atoms with van der Waals surface area (Å²) in [6.07, 6.45) is 0.417. The minimum absolute atomic E-state index is 0.124. The van der Waals surface area contributed by atoms with Crippen molar-refractivity contribution in [2.75, 3.05) is 18.0 Å². The highest BCUT2D eigenvalue weighted by Gasteiger charge is 2.34. The van der Waals surface area contributed by atoms with Gasteiger partial charge >= 0.3 is 6.18 Å². The number of benzene rings is 1. The van der Waals surface area contributed by atoms with Gasteiger partial charge in [0, 0.05) is 18.8 Å². The van der Waals surface area contributed by atoms with E-state index in [0.29, 0.717) is 12.2 Å². The molecule has 2 aromatic rings. The van der Waals surface area contributed by atoms with E-state index in [4.69, 9.17) is 5.26 Å². The molecule has 0 spiro atoms. The second kappa shape index (κ2) is 5.91. The van der Waals surface area contributed by atoms with Crippen LogP contribution in [0.1, 0.15) is 30.0 Å². The maximum atomic E-state index is 12.9. The van der Waals surface area contributed by atoms with E-state index in [0.717, 1.165) is 25.5 Å². The summed E-state index contributed by atoms with van der Waals surface area (Å²) >= 11 is 0. The van der Waals surface area contributed by atoms with Gasteiger partial charge in [-0.3, -0.25) is 0 Å². The third kappa shape index (κ3) is 3.13. The Bertz CT molecular complexity index is 718. The van der Waals surface area contributed by atoms with Gasteiger partial charge in [-0.15, -0.1) is 0 Å². The van der Waals surface area contributed by atoms with Crippen molar-refractivity contribution >= 4 is 5.69 Å². The van der Waals surface area contributed by atoms with Crippen LogP contribution in [0.3, 0.4) is 0 Å². The number of rotatable bonds is 2. The number of nitriles is 1. The predicted octanol–water partition coefficient (Wildman–Crippen LogP) is 3.01. The Labute approximate surface area is 131 Å². The van der Waals surface area contributed by atoms with Crippen molar-refractivity contribution in [3.8, 4) is 6.07 Å². The molecule has 1 atom stereocenters. The zero-order chi connectivity index (χ0) is 16.4. The molecule has 1 aliphatic heterocycles. The summed E-state index contributed by atoms with van der Waals surface area (Å²) in [5.74, 6) is 0. The lowest BCUT2D eigenvalue weighted by Crippen LogP contribution is -2.36. The molecule has 120 valence electrons. The minimum Gasteiger partial charge on any atom is -0.369 e. The van der Waals surface area contributed by atoms with Crippen molar-refractivity contribution in [3.05, 3.63) is 42.0 Å². The highest BCUT2D eigenvalue weighted by Crippen LogP contribution is 2.34. The van der Waals surface area contributed by atoms with E-state index in [2.05, 4.69) is 10.1 Å². The van der Waals surface area contributed by atoms with E-state index in [9.17, 15) is 13.2 Å². The van der Waals surface area contributed by atoms with Crippen LogP contribution in [0.25, 0.3) is 0 Å². The van der Waals surface area contributed by atoms with Gasteiger partial charge in [0.05, 0.1) is 23.2 Å². The molecule has 1 saturated heterocycles. The standard InChI is InChI=1S/C15H14F3N5/c16-15(17,18)14-4-3-12(6-11(14)7-19)22-5-1-2-13(8-22)23-10-20-9-21-23/h3-4,6,9-10,13H,1-2,5,8H2/t13-/m1/s1. The molecule has 3 rings (SSSR count). The highest BCUT2D eigenvalue weighted by atomic mass is 19.4. The second-order valence-electron chi connectivity index (χ2n) is 5.46. The number of alkyl halides is 3. The van der Waals surface area contributed by atoms with Gasteiger partial charge in [0.15, 0.2) is 0 Å². The molecule has 2 heterocycles. The summed E-state index contributed by atoms with van der Waals surface area (Å²) < 4.78 is 40.4. The van der Waals surface area contributed by atoms with Gasteiger partial charge in [0.25, 0.3) is 0 Å². The van der Waals surface area contributed by atoms with Gasteiger partial charge in [-0.25, -0.2) is 9.67 Å². The third-order valence-electron chi connectivity index (χ3n) is 4.00. The number of hydrogen-bond donors (Lipinski definition) is 0. The van der Waals surface area contributed by atoms with Crippen molar-refractivity contribution < 1.29 is 13.2 Å². The van der Waals surface area contributed by atoms with Crippen LogP contribution in [0.5, 0.6) is 0 Å². The van der Waals surface area contributed by atoms with Crippen LogP contribution in [0, 0.1) is 11.3 Å². The quantitative estimate of drug-likeness (QED) is 0.853. The first-order valence-electron chi connectivity index (χ1n) is 7.19. The van der Waals surface area contributed by atoms with Crippen molar-refractivity contribution in [2.45, 2.75) is 25.1 Å². The summed E-state index contributed by atoms with van der Waals surface area (Å²) in [6, 6.07) is 5.49. The Kier molecular flexibility index (Phi) is 3.94. The SMILES string of the molecule is N#Cc1cc(N2CCC[C@@H](n3cncn3)C2)ccc1C(F)(F)F. The van der Waals surface area contributed by atoms with Crippen LogP contribution >= 0.6 is 0 Å². The van der Waals surface area contributed by atoms with Gasteiger partial charge in [0.1, 0.15) is 12.7 Å². The molecule has 0 radical (unpaired) electrons. The average molecular weight is 321 g/mol. The number of halogens is 3. The molecular weight excluding hydrogens is 307 g/mol. The Balaban J connectivity index is 1.85. The Hall–Kier alpha value is -2.56. The van der Waals surface area contributed by atoms with E-state index in [1.54, 1.807) is 17.1 Å². The first kappa shape index (κ1) is 15.3. The zero-order valence-corrected chi connectivity index (χ0v) is 12.2. The lowest BCUT2D eigenvalue weighted by Gasteiger charge is -2.34. The van der Waals surface area contributed by atoms with Crippen molar-refractivity contribution in [1.82, 2.24) is 14.8 Å². The summed E-state index contributed by atoms with van der Waals surface area (Å²) in [5, 5.41) is 13.1. The number of hydrogen-bond acceptors (Lipinski definition) is 4. The summed E-state index contributed by atoms with van der Waals surface area (Å²) in [5.41, 5.74) is -0.620. The molecule has 1 aliphatic rings. The van der Waals surface area contributed by atoms with E-state index in [-0.39, 0.29) is 11.6 Å². The van der Waals surface area contributed by atoms with E-state index in [1.165, 1.54) is 18.5 Å². The van der Waals surface area contributed by atoms with Gasteiger partial charge in [-0.05, 0) is 31.0 Å². The Morgan fingerprint density at radius 3 is 2.78 bits per heavy atom.